The Balaban J connectivity index is 1.60. The molecule has 0 bridgehead atoms. The minimum Gasteiger partial charge on any atom is -0.345 e. The summed E-state index contributed by atoms with van der Waals surface area (Å²) in [5, 5.41) is 0.786. The maximum atomic E-state index is 13.0. The molecule has 1 saturated heterocycles. The first-order chi connectivity index (χ1) is 13.7. The van der Waals surface area contributed by atoms with E-state index in [0.29, 0.717) is 18.0 Å². The van der Waals surface area contributed by atoms with Gasteiger partial charge in [0, 0.05) is 6.54 Å². The van der Waals surface area contributed by atoms with Gasteiger partial charge in [0.1, 0.15) is 0 Å². The molecular weight excluding hydrogens is 368 g/mol. The minimum absolute atomic E-state index is 0.0346. The van der Waals surface area contributed by atoms with Crippen LogP contribution in [0.25, 0.3) is 17.1 Å². The van der Waals surface area contributed by atoms with Crippen LogP contribution in [-0.4, -0.2) is 32.5 Å². The molecule has 142 valence electrons. The summed E-state index contributed by atoms with van der Waals surface area (Å²) in [6, 6.07) is 16.1. The second-order valence-corrected chi connectivity index (χ2v) is 7.69. The van der Waals surface area contributed by atoms with Gasteiger partial charge in [0.2, 0.25) is 0 Å². The summed E-state index contributed by atoms with van der Waals surface area (Å²) < 4.78 is 0. The molecule has 0 atom stereocenters. The highest BCUT2D eigenvalue weighted by Gasteiger charge is 2.32. The zero-order chi connectivity index (χ0) is 19.3. The van der Waals surface area contributed by atoms with E-state index in [9.17, 15) is 4.79 Å². The highest BCUT2D eigenvalue weighted by molar-refractivity contribution is 8.18. The van der Waals surface area contributed by atoms with Crippen LogP contribution in [0.4, 0.5) is 0 Å². The molecule has 1 aliphatic rings. The summed E-state index contributed by atoms with van der Waals surface area (Å²) in [7, 11) is 0. The number of hydrogen-bond donors (Lipinski definition) is 1. The first-order valence-corrected chi connectivity index (χ1v) is 10.3. The van der Waals surface area contributed by atoms with E-state index in [1.54, 1.807) is 6.33 Å². The molecule has 1 N–H and O–H groups in total. The SMILES string of the molecule is CCCCN1C(=O)C(=Cc2ccc3[nH]cnc3c2)SC1=NCc1ccccc1. The molecule has 1 fully saturated rings. The average molecular weight is 391 g/mol. The zero-order valence-electron chi connectivity index (χ0n) is 15.8. The number of imidazole rings is 1. The van der Waals surface area contributed by atoms with Gasteiger partial charge < -0.3 is 4.98 Å². The number of aliphatic imine (C=N–C) groups is 1. The van der Waals surface area contributed by atoms with Crippen LogP contribution in [0.2, 0.25) is 0 Å². The van der Waals surface area contributed by atoms with Crippen molar-refractivity contribution in [2.75, 3.05) is 6.54 Å². The van der Waals surface area contributed by atoms with Crippen molar-refractivity contribution >= 4 is 39.9 Å². The van der Waals surface area contributed by atoms with E-state index >= 15 is 0 Å². The number of unbranched alkanes of at least 4 members (excludes halogenated alkanes) is 1. The molecular formula is C22H22N4OS. The van der Waals surface area contributed by atoms with Gasteiger partial charge in [0.15, 0.2) is 5.17 Å². The number of benzene rings is 2. The van der Waals surface area contributed by atoms with Gasteiger partial charge in [-0.1, -0.05) is 49.7 Å². The van der Waals surface area contributed by atoms with E-state index in [1.165, 1.54) is 11.8 Å². The van der Waals surface area contributed by atoms with Gasteiger partial charge in [-0.25, -0.2) is 4.98 Å². The summed E-state index contributed by atoms with van der Waals surface area (Å²) in [5.41, 5.74) is 3.99. The van der Waals surface area contributed by atoms with Gasteiger partial charge in [-0.2, -0.15) is 0 Å². The van der Waals surface area contributed by atoms with Gasteiger partial charge in [-0.15, -0.1) is 0 Å². The number of thioether (sulfide) groups is 1. The number of fused-ring (bicyclic) bond motifs is 1. The molecule has 1 aliphatic heterocycles. The normalized spacial score (nSPS) is 17.3. The van der Waals surface area contributed by atoms with E-state index in [0.717, 1.165) is 40.2 Å². The molecule has 1 aromatic heterocycles. The van der Waals surface area contributed by atoms with Crippen molar-refractivity contribution in [1.82, 2.24) is 14.9 Å². The first kappa shape index (κ1) is 18.5. The van der Waals surface area contributed by atoms with Crippen LogP contribution >= 0.6 is 11.8 Å². The van der Waals surface area contributed by atoms with E-state index in [1.807, 2.05) is 47.4 Å². The number of rotatable bonds is 6. The van der Waals surface area contributed by atoms with Crippen LogP contribution in [0.5, 0.6) is 0 Å². The Morgan fingerprint density at radius 1 is 1.21 bits per heavy atom. The van der Waals surface area contributed by atoms with Gasteiger partial charge in [0.05, 0.1) is 28.8 Å². The third-order valence-electron chi connectivity index (χ3n) is 4.61. The standard InChI is InChI=1S/C22H22N4OS/c1-2-3-11-26-21(27)20(13-17-9-10-18-19(12-17)25-15-24-18)28-22(26)23-14-16-7-5-4-6-8-16/h4-10,12-13,15H,2-3,11,14H2,1H3,(H,24,25). The Kier molecular flexibility index (Phi) is 5.58. The number of nitrogens with zero attached hydrogens (tertiary/aromatic N) is 3. The number of carbonyl (C=O) groups is 1. The lowest BCUT2D eigenvalue weighted by Gasteiger charge is -2.14. The fraction of sp³-hybridized carbons (Fsp3) is 0.227. The predicted molar refractivity (Wildman–Crippen MR) is 116 cm³/mol. The van der Waals surface area contributed by atoms with Crippen molar-refractivity contribution < 1.29 is 4.79 Å². The molecule has 0 unspecified atom stereocenters. The Bertz CT molecular complexity index is 1040. The average Bonchev–Trinajstić information content (AvgIpc) is 3.30. The second kappa shape index (κ2) is 8.44. The molecule has 5 nitrogen and oxygen atoms in total. The zero-order valence-corrected chi connectivity index (χ0v) is 16.6. The van der Waals surface area contributed by atoms with Crippen molar-refractivity contribution in [3.63, 3.8) is 0 Å². The summed E-state index contributed by atoms with van der Waals surface area (Å²) >= 11 is 1.46. The molecule has 6 heteroatoms. The fourth-order valence-electron chi connectivity index (χ4n) is 3.07. The van der Waals surface area contributed by atoms with Crippen LogP contribution in [0, 0.1) is 0 Å². The van der Waals surface area contributed by atoms with E-state index in [2.05, 4.69) is 29.0 Å². The van der Waals surface area contributed by atoms with Gasteiger partial charge in [-0.3, -0.25) is 14.7 Å². The molecule has 2 aromatic carbocycles. The third kappa shape index (κ3) is 4.02. The summed E-state index contributed by atoms with van der Waals surface area (Å²) in [6.45, 7) is 3.40. The van der Waals surface area contributed by atoms with Crippen molar-refractivity contribution in [2.24, 2.45) is 4.99 Å². The third-order valence-corrected chi connectivity index (χ3v) is 5.65. The van der Waals surface area contributed by atoms with Gasteiger partial charge in [0.25, 0.3) is 5.91 Å². The van der Waals surface area contributed by atoms with E-state index < -0.39 is 0 Å². The first-order valence-electron chi connectivity index (χ1n) is 9.47. The molecule has 28 heavy (non-hydrogen) atoms. The predicted octanol–water partition coefficient (Wildman–Crippen LogP) is 4.84. The number of aromatic nitrogens is 2. The molecule has 4 rings (SSSR count). The van der Waals surface area contributed by atoms with Gasteiger partial charge in [-0.05, 0) is 47.5 Å². The van der Waals surface area contributed by atoms with Crippen LogP contribution in [0.3, 0.4) is 0 Å². The lowest BCUT2D eigenvalue weighted by molar-refractivity contribution is -0.122. The van der Waals surface area contributed by atoms with Crippen molar-refractivity contribution in [1.29, 1.82) is 0 Å². The van der Waals surface area contributed by atoms with Crippen LogP contribution in [-0.2, 0) is 11.3 Å². The molecule has 1 amide bonds. The molecule has 0 radical (unpaired) electrons. The van der Waals surface area contributed by atoms with Crippen molar-refractivity contribution in [2.45, 2.75) is 26.3 Å². The second-order valence-electron chi connectivity index (χ2n) is 6.68. The monoisotopic (exact) mass is 390 g/mol. The highest BCUT2D eigenvalue weighted by Crippen LogP contribution is 2.33. The minimum atomic E-state index is 0.0346. The number of amidine groups is 1. The topological polar surface area (TPSA) is 61.4 Å². The largest absolute Gasteiger partial charge is 0.345 e. The molecule has 2 heterocycles. The number of amides is 1. The fourth-order valence-corrected chi connectivity index (χ4v) is 4.07. The van der Waals surface area contributed by atoms with Crippen molar-refractivity contribution in [3.8, 4) is 0 Å². The quantitative estimate of drug-likeness (QED) is 0.613. The molecule has 3 aromatic rings. The highest BCUT2D eigenvalue weighted by atomic mass is 32.2. The Morgan fingerprint density at radius 2 is 2.07 bits per heavy atom. The molecule has 0 aliphatic carbocycles. The van der Waals surface area contributed by atoms with E-state index in [-0.39, 0.29) is 5.91 Å². The maximum absolute atomic E-state index is 13.0. The van der Waals surface area contributed by atoms with Crippen LogP contribution in [0.1, 0.15) is 30.9 Å². The summed E-state index contributed by atoms with van der Waals surface area (Å²) in [4.78, 5) is 27.6. The number of aromatic amines is 1. The van der Waals surface area contributed by atoms with Crippen molar-refractivity contribution in [3.05, 3.63) is 70.9 Å². The van der Waals surface area contributed by atoms with E-state index in [4.69, 9.17) is 4.99 Å². The number of carbonyl (C=O) groups excluding carboxylic acids is 1. The smallest absolute Gasteiger partial charge is 0.266 e. The van der Waals surface area contributed by atoms with Gasteiger partial charge >= 0.3 is 0 Å². The number of nitrogens with one attached hydrogen (secondary N) is 1. The lowest BCUT2D eigenvalue weighted by atomic mass is 10.2. The Labute approximate surface area is 168 Å². The van der Waals surface area contributed by atoms with Crippen LogP contribution < -0.4 is 0 Å². The Morgan fingerprint density at radius 3 is 2.89 bits per heavy atom. The number of hydrogen-bond acceptors (Lipinski definition) is 4. The maximum Gasteiger partial charge on any atom is 0.266 e. The molecule has 0 spiro atoms. The number of H-pyrrole nitrogens is 1. The summed E-state index contributed by atoms with van der Waals surface area (Å²) in [6.07, 6.45) is 5.61. The summed E-state index contributed by atoms with van der Waals surface area (Å²) in [5.74, 6) is 0.0346. The Hall–Kier alpha value is -2.86. The van der Waals surface area contributed by atoms with Crippen LogP contribution in [0.15, 0.2) is 64.8 Å². The lowest BCUT2D eigenvalue weighted by Crippen LogP contribution is -2.30. The molecule has 0 saturated carbocycles.